The van der Waals surface area contributed by atoms with Crippen LogP contribution in [0.15, 0.2) is 29.4 Å². The van der Waals surface area contributed by atoms with Crippen molar-refractivity contribution in [2.45, 2.75) is 6.92 Å². The molecule has 0 atom stereocenters. The van der Waals surface area contributed by atoms with Gasteiger partial charge in [-0.2, -0.15) is 0 Å². The number of methoxy groups -OCH3 is 1. The van der Waals surface area contributed by atoms with E-state index in [0.717, 1.165) is 11.3 Å². The number of rotatable bonds is 8. The van der Waals surface area contributed by atoms with Crippen LogP contribution in [0.25, 0.3) is 0 Å². The molecule has 0 heterocycles. The smallest absolute Gasteiger partial charge is 0.119 e. The van der Waals surface area contributed by atoms with Gasteiger partial charge in [-0.25, -0.2) is 0 Å². The minimum absolute atomic E-state index is 0.496. The van der Waals surface area contributed by atoms with Gasteiger partial charge in [0.1, 0.15) is 12.4 Å². The molecule has 0 aliphatic carbocycles. The first kappa shape index (κ1) is 14.5. The minimum Gasteiger partial charge on any atom is -0.491 e. The first-order chi connectivity index (χ1) is 8.77. The van der Waals surface area contributed by atoms with E-state index in [1.54, 1.807) is 14.0 Å². The summed E-state index contributed by atoms with van der Waals surface area (Å²) in [6.45, 7) is 3.93. The van der Waals surface area contributed by atoms with Crippen molar-refractivity contribution in [1.29, 1.82) is 0 Å². The zero-order valence-corrected chi connectivity index (χ0v) is 10.8. The minimum atomic E-state index is 0.496. The van der Waals surface area contributed by atoms with Crippen LogP contribution in [0.4, 0.5) is 0 Å². The van der Waals surface area contributed by atoms with E-state index in [4.69, 9.17) is 19.4 Å². The van der Waals surface area contributed by atoms with Gasteiger partial charge in [-0.15, -0.1) is 0 Å². The lowest BCUT2D eigenvalue weighted by Gasteiger charge is -2.07. The fourth-order valence-corrected chi connectivity index (χ4v) is 1.31. The standard InChI is InChI=1S/C13H19NO4/c1-11(14-15)12-3-5-13(6-4-12)18-10-9-17-8-7-16-2/h3-6,15H,7-10H2,1-2H3. The Bertz CT molecular complexity index is 362. The lowest BCUT2D eigenvalue weighted by molar-refractivity contribution is 0.0544. The molecule has 100 valence electrons. The van der Waals surface area contributed by atoms with Gasteiger partial charge in [-0.05, 0) is 36.8 Å². The number of ether oxygens (including phenoxy) is 3. The van der Waals surface area contributed by atoms with Crippen molar-refractivity contribution >= 4 is 5.71 Å². The highest BCUT2D eigenvalue weighted by Gasteiger charge is 1.99. The molecular weight excluding hydrogens is 234 g/mol. The number of hydrogen-bond donors (Lipinski definition) is 1. The van der Waals surface area contributed by atoms with Crippen molar-refractivity contribution < 1.29 is 19.4 Å². The van der Waals surface area contributed by atoms with Gasteiger partial charge in [-0.3, -0.25) is 0 Å². The van der Waals surface area contributed by atoms with Crippen LogP contribution in [0.5, 0.6) is 5.75 Å². The fourth-order valence-electron chi connectivity index (χ4n) is 1.31. The van der Waals surface area contributed by atoms with E-state index in [1.807, 2.05) is 24.3 Å². The Kier molecular flexibility index (Phi) is 6.83. The second-order valence-electron chi connectivity index (χ2n) is 3.66. The Morgan fingerprint density at radius 1 is 1.11 bits per heavy atom. The first-order valence-electron chi connectivity index (χ1n) is 5.76. The average molecular weight is 253 g/mol. The average Bonchev–Trinajstić information content (AvgIpc) is 2.42. The van der Waals surface area contributed by atoms with Crippen molar-refractivity contribution in [3.8, 4) is 5.75 Å². The lowest BCUT2D eigenvalue weighted by atomic mass is 10.1. The zero-order chi connectivity index (χ0) is 13.2. The van der Waals surface area contributed by atoms with Crippen LogP contribution in [0.3, 0.4) is 0 Å². The van der Waals surface area contributed by atoms with Crippen LogP contribution >= 0.6 is 0 Å². The van der Waals surface area contributed by atoms with E-state index >= 15 is 0 Å². The summed E-state index contributed by atoms with van der Waals surface area (Å²) in [5, 5.41) is 11.8. The van der Waals surface area contributed by atoms with E-state index in [1.165, 1.54) is 0 Å². The molecular formula is C13H19NO4. The molecule has 0 bridgehead atoms. The van der Waals surface area contributed by atoms with Gasteiger partial charge in [-0.1, -0.05) is 5.16 Å². The molecule has 0 fully saturated rings. The molecule has 5 heteroatoms. The molecule has 0 saturated carbocycles. The predicted octanol–water partition coefficient (Wildman–Crippen LogP) is 1.93. The molecule has 18 heavy (non-hydrogen) atoms. The molecule has 1 N–H and O–H groups in total. The zero-order valence-electron chi connectivity index (χ0n) is 10.8. The van der Waals surface area contributed by atoms with Crippen LogP contribution in [0.1, 0.15) is 12.5 Å². The van der Waals surface area contributed by atoms with Crippen molar-refractivity contribution in [2.24, 2.45) is 5.16 Å². The van der Waals surface area contributed by atoms with Gasteiger partial charge in [0.25, 0.3) is 0 Å². The maximum Gasteiger partial charge on any atom is 0.119 e. The Hall–Kier alpha value is -1.59. The second kappa shape index (κ2) is 8.49. The van der Waals surface area contributed by atoms with Gasteiger partial charge >= 0.3 is 0 Å². The van der Waals surface area contributed by atoms with Crippen LogP contribution in [-0.2, 0) is 9.47 Å². The van der Waals surface area contributed by atoms with Gasteiger partial charge in [0.15, 0.2) is 0 Å². The predicted molar refractivity (Wildman–Crippen MR) is 68.6 cm³/mol. The number of benzene rings is 1. The monoisotopic (exact) mass is 253 g/mol. The number of oxime groups is 1. The normalized spacial score (nSPS) is 11.6. The summed E-state index contributed by atoms with van der Waals surface area (Å²) in [5.74, 6) is 0.764. The molecule has 0 aliphatic rings. The topological polar surface area (TPSA) is 60.3 Å². The Morgan fingerprint density at radius 2 is 1.78 bits per heavy atom. The summed E-state index contributed by atoms with van der Waals surface area (Å²) in [6, 6.07) is 7.35. The molecule has 0 aromatic heterocycles. The Balaban J connectivity index is 2.27. The highest BCUT2D eigenvalue weighted by atomic mass is 16.5. The molecule has 1 aromatic rings. The maximum atomic E-state index is 8.63. The van der Waals surface area contributed by atoms with Gasteiger partial charge in [0, 0.05) is 7.11 Å². The Morgan fingerprint density at radius 3 is 2.39 bits per heavy atom. The van der Waals surface area contributed by atoms with Crippen molar-refractivity contribution in [2.75, 3.05) is 33.5 Å². The molecule has 0 unspecified atom stereocenters. The lowest BCUT2D eigenvalue weighted by Crippen LogP contribution is -2.10. The highest BCUT2D eigenvalue weighted by Crippen LogP contribution is 2.12. The van der Waals surface area contributed by atoms with Crippen LogP contribution in [-0.4, -0.2) is 44.5 Å². The van der Waals surface area contributed by atoms with Crippen LogP contribution in [0, 0.1) is 0 Å². The van der Waals surface area contributed by atoms with Crippen LogP contribution < -0.4 is 4.74 Å². The van der Waals surface area contributed by atoms with Crippen molar-refractivity contribution in [3.05, 3.63) is 29.8 Å². The summed E-state index contributed by atoms with van der Waals surface area (Å²) in [4.78, 5) is 0. The van der Waals surface area contributed by atoms with Gasteiger partial charge in [0.2, 0.25) is 0 Å². The molecule has 0 amide bonds. The largest absolute Gasteiger partial charge is 0.491 e. The van der Waals surface area contributed by atoms with Crippen LogP contribution in [0.2, 0.25) is 0 Å². The maximum absolute atomic E-state index is 8.63. The summed E-state index contributed by atoms with van der Waals surface area (Å²) in [7, 11) is 1.64. The summed E-state index contributed by atoms with van der Waals surface area (Å²) >= 11 is 0. The first-order valence-corrected chi connectivity index (χ1v) is 5.76. The number of nitrogens with zero attached hydrogens (tertiary/aromatic N) is 1. The summed E-state index contributed by atoms with van der Waals surface area (Å²) in [5.41, 5.74) is 1.44. The molecule has 1 aromatic carbocycles. The van der Waals surface area contributed by atoms with E-state index in [9.17, 15) is 0 Å². The molecule has 0 spiro atoms. The third-order valence-electron chi connectivity index (χ3n) is 2.35. The second-order valence-corrected chi connectivity index (χ2v) is 3.66. The summed E-state index contributed by atoms with van der Waals surface area (Å²) in [6.07, 6.45) is 0. The molecule has 0 aliphatic heterocycles. The fraction of sp³-hybridized carbons (Fsp3) is 0.462. The van der Waals surface area contributed by atoms with Gasteiger partial charge < -0.3 is 19.4 Å². The van der Waals surface area contributed by atoms with E-state index in [2.05, 4.69) is 5.16 Å². The van der Waals surface area contributed by atoms with E-state index in [-0.39, 0.29) is 0 Å². The van der Waals surface area contributed by atoms with Crippen molar-refractivity contribution in [1.82, 2.24) is 0 Å². The van der Waals surface area contributed by atoms with Crippen molar-refractivity contribution in [3.63, 3.8) is 0 Å². The third kappa shape index (κ3) is 5.16. The molecule has 1 rings (SSSR count). The number of hydrogen-bond acceptors (Lipinski definition) is 5. The molecule has 0 saturated heterocycles. The molecule has 5 nitrogen and oxygen atoms in total. The van der Waals surface area contributed by atoms with Gasteiger partial charge in [0.05, 0.1) is 25.5 Å². The molecule has 0 radical (unpaired) electrons. The van der Waals surface area contributed by atoms with E-state index < -0.39 is 0 Å². The highest BCUT2D eigenvalue weighted by molar-refractivity contribution is 5.98. The summed E-state index contributed by atoms with van der Waals surface area (Å²) < 4.78 is 15.6. The Labute approximate surface area is 107 Å². The van der Waals surface area contributed by atoms with E-state index in [0.29, 0.717) is 32.1 Å². The SMILES string of the molecule is COCCOCCOc1ccc(C(C)=NO)cc1. The quantitative estimate of drug-likeness (QED) is 0.333. The third-order valence-corrected chi connectivity index (χ3v) is 2.35.